The van der Waals surface area contributed by atoms with Gasteiger partial charge in [0.1, 0.15) is 0 Å². The molecule has 0 saturated carbocycles. The van der Waals surface area contributed by atoms with Crippen molar-refractivity contribution in [2.75, 3.05) is 5.32 Å². The Morgan fingerprint density at radius 1 is 1.35 bits per heavy atom. The molecule has 1 amide bonds. The fourth-order valence-corrected chi connectivity index (χ4v) is 4.09. The predicted molar refractivity (Wildman–Crippen MR) is 112 cm³/mol. The summed E-state index contributed by atoms with van der Waals surface area (Å²) in [6.07, 6.45) is 9.71. The lowest BCUT2D eigenvalue weighted by molar-refractivity contribution is 0.102. The number of aromatic nitrogens is 6. The van der Waals surface area contributed by atoms with Crippen molar-refractivity contribution in [3.63, 3.8) is 0 Å². The second-order valence-corrected chi connectivity index (χ2v) is 7.69. The molecule has 5 rings (SSSR count). The second kappa shape index (κ2) is 7.91. The first-order valence-electron chi connectivity index (χ1n) is 10.1. The number of fused-ring (bicyclic) bond motifs is 1. The fourth-order valence-electron chi connectivity index (χ4n) is 4.09. The summed E-state index contributed by atoms with van der Waals surface area (Å²) >= 11 is 0. The van der Waals surface area contributed by atoms with Crippen LogP contribution in [0.15, 0.2) is 49.1 Å². The van der Waals surface area contributed by atoms with Gasteiger partial charge in [-0.3, -0.25) is 19.7 Å². The largest absolute Gasteiger partial charge is 0.318 e. The molecule has 0 spiro atoms. The number of nitrogens with one attached hydrogen (secondary N) is 3. The Hall–Kier alpha value is -4.19. The van der Waals surface area contributed by atoms with E-state index in [2.05, 4.69) is 36.9 Å². The molecule has 1 atom stereocenters. The highest BCUT2D eigenvalue weighted by Crippen LogP contribution is 2.32. The zero-order valence-electron chi connectivity index (χ0n) is 16.7. The molecule has 0 bridgehead atoms. The molecule has 4 aromatic rings. The van der Waals surface area contributed by atoms with Crippen molar-refractivity contribution in [1.82, 2.24) is 30.2 Å². The van der Waals surface area contributed by atoms with E-state index in [9.17, 15) is 4.79 Å². The van der Waals surface area contributed by atoms with E-state index < -0.39 is 0 Å². The van der Waals surface area contributed by atoms with Gasteiger partial charge in [0, 0.05) is 23.7 Å². The minimum atomic E-state index is -0.245. The molecule has 0 radical (unpaired) electrons. The SMILES string of the molecule is N#Cc1cccc(Cn2cc(NC(=O)c3n[nH]c4c3CCC(c3cn[nH]c3)C4)cn2)c1. The molecular formula is C22H20N8O. The minimum Gasteiger partial charge on any atom is -0.318 e. The molecule has 154 valence electrons. The van der Waals surface area contributed by atoms with E-state index in [-0.39, 0.29) is 5.91 Å². The van der Waals surface area contributed by atoms with Crippen LogP contribution in [0.25, 0.3) is 0 Å². The maximum absolute atomic E-state index is 12.8. The number of nitrogens with zero attached hydrogens (tertiary/aromatic N) is 5. The highest BCUT2D eigenvalue weighted by molar-refractivity contribution is 6.03. The third-order valence-electron chi connectivity index (χ3n) is 5.64. The number of aromatic amines is 2. The van der Waals surface area contributed by atoms with Crippen molar-refractivity contribution in [1.29, 1.82) is 5.26 Å². The summed E-state index contributed by atoms with van der Waals surface area (Å²) in [5.74, 6) is 0.130. The predicted octanol–water partition coefficient (Wildman–Crippen LogP) is 2.77. The lowest BCUT2D eigenvalue weighted by atomic mass is 9.83. The third-order valence-corrected chi connectivity index (χ3v) is 5.64. The Kier molecular flexibility index (Phi) is 4.80. The number of nitriles is 1. The summed E-state index contributed by atoms with van der Waals surface area (Å²) in [7, 11) is 0. The summed E-state index contributed by atoms with van der Waals surface area (Å²) in [6.45, 7) is 0.512. The minimum absolute atomic E-state index is 0.245. The number of carbonyl (C=O) groups excluding carboxylic acids is 1. The summed E-state index contributed by atoms with van der Waals surface area (Å²) in [4.78, 5) is 12.8. The summed E-state index contributed by atoms with van der Waals surface area (Å²) < 4.78 is 1.72. The van der Waals surface area contributed by atoms with E-state index in [1.807, 2.05) is 30.6 Å². The number of amides is 1. The number of H-pyrrole nitrogens is 2. The van der Waals surface area contributed by atoms with Gasteiger partial charge in [0.15, 0.2) is 5.69 Å². The van der Waals surface area contributed by atoms with Gasteiger partial charge >= 0.3 is 0 Å². The summed E-state index contributed by atoms with van der Waals surface area (Å²) in [5.41, 5.74) is 5.79. The molecule has 3 heterocycles. The van der Waals surface area contributed by atoms with Crippen LogP contribution >= 0.6 is 0 Å². The van der Waals surface area contributed by atoms with Gasteiger partial charge in [-0.2, -0.15) is 20.6 Å². The normalized spacial score (nSPS) is 15.3. The molecule has 9 nitrogen and oxygen atoms in total. The molecule has 0 fully saturated rings. The molecule has 0 aliphatic heterocycles. The van der Waals surface area contributed by atoms with Crippen LogP contribution in [0.4, 0.5) is 5.69 Å². The Balaban J connectivity index is 1.26. The number of rotatable bonds is 5. The first-order valence-corrected chi connectivity index (χ1v) is 10.1. The molecular weight excluding hydrogens is 392 g/mol. The van der Waals surface area contributed by atoms with Gasteiger partial charge in [-0.15, -0.1) is 0 Å². The number of hydrogen-bond donors (Lipinski definition) is 3. The highest BCUT2D eigenvalue weighted by Gasteiger charge is 2.27. The second-order valence-electron chi connectivity index (χ2n) is 7.69. The van der Waals surface area contributed by atoms with E-state index >= 15 is 0 Å². The molecule has 9 heteroatoms. The Labute approximate surface area is 178 Å². The topological polar surface area (TPSA) is 128 Å². The summed E-state index contributed by atoms with van der Waals surface area (Å²) in [6, 6.07) is 9.51. The van der Waals surface area contributed by atoms with E-state index in [1.54, 1.807) is 23.1 Å². The first-order chi connectivity index (χ1) is 15.2. The maximum atomic E-state index is 12.8. The Morgan fingerprint density at radius 3 is 3.13 bits per heavy atom. The average molecular weight is 412 g/mol. The van der Waals surface area contributed by atoms with Gasteiger partial charge in [0.2, 0.25) is 0 Å². The van der Waals surface area contributed by atoms with E-state index in [1.165, 1.54) is 5.56 Å². The molecule has 3 N–H and O–H groups in total. The maximum Gasteiger partial charge on any atom is 0.276 e. The molecule has 31 heavy (non-hydrogen) atoms. The molecule has 1 aromatic carbocycles. The zero-order chi connectivity index (χ0) is 21.2. The van der Waals surface area contributed by atoms with Crippen LogP contribution in [0.1, 0.15) is 50.8 Å². The van der Waals surface area contributed by atoms with Crippen LogP contribution in [0.5, 0.6) is 0 Å². The van der Waals surface area contributed by atoms with Gasteiger partial charge in [-0.1, -0.05) is 12.1 Å². The first kappa shape index (κ1) is 18.8. The van der Waals surface area contributed by atoms with Gasteiger partial charge < -0.3 is 5.32 Å². The quantitative estimate of drug-likeness (QED) is 0.464. The molecule has 0 saturated heterocycles. The smallest absolute Gasteiger partial charge is 0.276 e. The fraction of sp³-hybridized carbons (Fsp3) is 0.227. The molecule has 3 aromatic heterocycles. The number of anilines is 1. The number of benzene rings is 1. The van der Waals surface area contributed by atoms with Crippen LogP contribution in [-0.4, -0.2) is 36.1 Å². The zero-order valence-corrected chi connectivity index (χ0v) is 16.7. The molecule has 1 unspecified atom stereocenters. The van der Waals surface area contributed by atoms with Crippen LogP contribution in [0.2, 0.25) is 0 Å². The van der Waals surface area contributed by atoms with Crippen molar-refractivity contribution in [2.45, 2.75) is 31.7 Å². The van der Waals surface area contributed by atoms with Crippen LogP contribution in [0, 0.1) is 11.3 Å². The van der Waals surface area contributed by atoms with Crippen LogP contribution in [-0.2, 0) is 19.4 Å². The standard InChI is InChI=1S/C22H20N8O/c23-8-14-2-1-3-15(6-14)12-30-13-18(11-26-30)27-22(31)21-19-5-4-16(7-20(19)28-29-21)17-9-24-25-10-17/h1-3,6,9-11,13,16H,4-5,7,12H2,(H,24,25)(H,27,31)(H,28,29). The highest BCUT2D eigenvalue weighted by atomic mass is 16.2. The third kappa shape index (κ3) is 3.83. The van der Waals surface area contributed by atoms with Crippen LogP contribution in [0.3, 0.4) is 0 Å². The molecule has 1 aliphatic carbocycles. The summed E-state index contributed by atoms with van der Waals surface area (Å²) in [5, 5.41) is 30.5. The van der Waals surface area contributed by atoms with E-state index in [0.29, 0.717) is 29.4 Å². The Bertz CT molecular complexity index is 1260. The Morgan fingerprint density at radius 2 is 2.29 bits per heavy atom. The van der Waals surface area contributed by atoms with E-state index in [0.717, 1.165) is 36.1 Å². The van der Waals surface area contributed by atoms with Crippen molar-refractivity contribution >= 4 is 11.6 Å². The van der Waals surface area contributed by atoms with Crippen molar-refractivity contribution < 1.29 is 4.79 Å². The van der Waals surface area contributed by atoms with Crippen molar-refractivity contribution in [2.24, 2.45) is 0 Å². The van der Waals surface area contributed by atoms with E-state index in [4.69, 9.17) is 5.26 Å². The van der Waals surface area contributed by atoms with Gasteiger partial charge in [-0.05, 0) is 48.4 Å². The molecule has 1 aliphatic rings. The van der Waals surface area contributed by atoms with Gasteiger partial charge in [-0.25, -0.2) is 0 Å². The van der Waals surface area contributed by atoms with Crippen LogP contribution < -0.4 is 5.32 Å². The van der Waals surface area contributed by atoms with Crippen molar-refractivity contribution in [3.8, 4) is 6.07 Å². The lowest BCUT2D eigenvalue weighted by Crippen LogP contribution is -2.17. The van der Waals surface area contributed by atoms with Gasteiger partial charge in [0.05, 0.1) is 36.3 Å². The lowest BCUT2D eigenvalue weighted by Gasteiger charge is -2.20. The number of hydrogen-bond acceptors (Lipinski definition) is 5. The number of carbonyl (C=O) groups is 1. The average Bonchev–Trinajstić information content (AvgIpc) is 3.54. The van der Waals surface area contributed by atoms with Crippen molar-refractivity contribution in [3.05, 3.63) is 82.7 Å². The monoisotopic (exact) mass is 412 g/mol. The van der Waals surface area contributed by atoms with Gasteiger partial charge in [0.25, 0.3) is 5.91 Å².